The molecule has 1 atom stereocenters. The number of hydrogen-bond acceptors (Lipinski definition) is 4. The van der Waals surface area contributed by atoms with Crippen LogP contribution in [0.3, 0.4) is 0 Å². The minimum Gasteiger partial charge on any atom is -0.437 e. The highest BCUT2D eigenvalue weighted by molar-refractivity contribution is 6.42. The minimum atomic E-state index is -1.10. The smallest absolute Gasteiger partial charge is 0.418 e. The number of ether oxygens (including phenoxy) is 1. The molecule has 0 radical (unpaired) electrons. The lowest BCUT2D eigenvalue weighted by atomic mass is 9.87. The molecule has 0 aromatic heterocycles. The zero-order valence-electron chi connectivity index (χ0n) is 14.2. The number of rotatable bonds is 2. The second-order valence-corrected chi connectivity index (χ2v) is 7.58. The molecule has 0 N–H and O–H groups in total. The summed E-state index contributed by atoms with van der Waals surface area (Å²) in [7, 11) is 0. The van der Waals surface area contributed by atoms with Gasteiger partial charge >= 0.3 is 6.09 Å². The fraction of sp³-hybridized carbons (Fsp3) is 0.263. The predicted octanol–water partition coefficient (Wildman–Crippen LogP) is 5.25. The Labute approximate surface area is 161 Å². The fourth-order valence-corrected chi connectivity index (χ4v) is 3.64. The first-order valence-corrected chi connectivity index (χ1v) is 8.88. The molecule has 0 bridgehead atoms. The number of carbonyl (C=O) groups excluding carboxylic acids is 1. The average molecular weight is 391 g/mol. The lowest BCUT2D eigenvalue weighted by Gasteiger charge is -2.36. The van der Waals surface area contributed by atoms with Gasteiger partial charge in [0, 0.05) is 0 Å². The third-order valence-electron chi connectivity index (χ3n) is 4.81. The van der Waals surface area contributed by atoms with Crippen LogP contribution in [-0.4, -0.2) is 23.1 Å². The van der Waals surface area contributed by atoms with E-state index < -0.39 is 17.4 Å². The topological polar surface area (TPSA) is 51.1 Å². The number of carbonyl (C=O) groups is 1. The van der Waals surface area contributed by atoms with Crippen molar-refractivity contribution in [2.24, 2.45) is 5.16 Å². The SMILES string of the molecule is CC1(C)OC(=O)N(c2ccc(Cl)c(Cl)c2)C12CC(c1ccccc1)=NO2. The molecule has 2 aromatic rings. The van der Waals surface area contributed by atoms with Crippen molar-refractivity contribution in [3.8, 4) is 0 Å². The van der Waals surface area contributed by atoms with Gasteiger partial charge in [-0.3, -0.25) is 0 Å². The maximum absolute atomic E-state index is 12.7. The number of cyclic esters (lactones) is 1. The Morgan fingerprint density at radius 2 is 1.81 bits per heavy atom. The lowest BCUT2D eigenvalue weighted by Crippen LogP contribution is -2.56. The molecule has 1 amide bonds. The molecule has 2 aromatic carbocycles. The van der Waals surface area contributed by atoms with Crippen LogP contribution in [0.1, 0.15) is 25.8 Å². The van der Waals surface area contributed by atoms with Crippen LogP contribution in [0.4, 0.5) is 10.5 Å². The van der Waals surface area contributed by atoms with Crippen molar-refractivity contribution < 1.29 is 14.4 Å². The van der Waals surface area contributed by atoms with Gasteiger partial charge < -0.3 is 9.57 Å². The molecular weight excluding hydrogens is 375 g/mol. The van der Waals surface area contributed by atoms with Gasteiger partial charge in [0.2, 0.25) is 0 Å². The van der Waals surface area contributed by atoms with Crippen LogP contribution >= 0.6 is 23.2 Å². The number of benzene rings is 2. The summed E-state index contributed by atoms with van der Waals surface area (Å²) in [5, 5.41) is 5.02. The van der Waals surface area contributed by atoms with Gasteiger partial charge in [-0.2, -0.15) is 0 Å². The number of nitrogens with zero attached hydrogens (tertiary/aromatic N) is 2. The molecule has 0 aliphatic carbocycles. The Kier molecular flexibility index (Phi) is 3.90. The van der Waals surface area contributed by atoms with E-state index in [9.17, 15) is 4.79 Å². The highest BCUT2D eigenvalue weighted by atomic mass is 35.5. The molecule has 5 nitrogen and oxygen atoms in total. The fourth-order valence-electron chi connectivity index (χ4n) is 3.35. The summed E-state index contributed by atoms with van der Waals surface area (Å²) >= 11 is 12.2. The first-order valence-electron chi connectivity index (χ1n) is 8.13. The molecule has 1 fully saturated rings. The monoisotopic (exact) mass is 390 g/mol. The largest absolute Gasteiger partial charge is 0.437 e. The number of oxime groups is 1. The van der Waals surface area contributed by atoms with Gasteiger partial charge in [0.25, 0.3) is 5.72 Å². The van der Waals surface area contributed by atoms with Gasteiger partial charge in [-0.1, -0.05) is 58.7 Å². The van der Waals surface area contributed by atoms with Crippen LogP contribution in [0.2, 0.25) is 10.0 Å². The van der Waals surface area contributed by atoms with E-state index >= 15 is 0 Å². The van der Waals surface area contributed by atoms with Crippen LogP contribution < -0.4 is 4.90 Å². The van der Waals surface area contributed by atoms with E-state index in [-0.39, 0.29) is 0 Å². The van der Waals surface area contributed by atoms with Gasteiger partial charge in [-0.25, -0.2) is 9.69 Å². The predicted molar refractivity (Wildman–Crippen MR) is 101 cm³/mol. The first kappa shape index (κ1) is 17.2. The van der Waals surface area contributed by atoms with Gasteiger partial charge in [0.05, 0.1) is 27.9 Å². The summed E-state index contributed by atoms with van der Waals surface area (Å²) in [6, 6.07) is 14.7. The maximum Gasteiger partial charge on any atom is 0.418 e. The summed E-state index contributed by atoms with van der Waals surface area (Å²) in [6.07, 6.45) is -0.131. The van der Waals surface area contributed by atoms with Crippen LogP contribution in [0.15, 0.2) is 53.7 Å². The number of hydrogen-bond donors (Lipinski definition) is 0. The lowest BCUT2D eigenvalue weighted by molar-refractivity contribution is -0.111. The maximum atomic E-state index is 12.7. The molecular formula is C19H16Cl2N2O3. The Balaban J connectivity index is 1.77. The minimum absolute atomic E-state index is 0.346. The van der Waals surface area contributed by atoms with Crippen molar-refractivity contribution in [2.75, 3.05) is 4.90 Å². The highest BCUT2D eigenvalue weighted by Gasteiger charge is 2.66. The Hall–Kier alpha value is -2.24. The van der Waals surface area contributed by atoms with Crippen LogP contribution in [0, 0.1) is 0 Å². The molecule has 2 aliphatic heterocycles. The Morgan fingerprint density at radius 1 is 1.08 bits per heavy atom. The zero-order chi connectivity index (χ0) is 18.5. The van der Waals surface area contributed by atoms with Crippen LogP contribution in [-0.2, 0) is 9.57 Å². The van der Waals surface area contributed by atoms with Crippen molar-refractivity contribution in [1.29, 1.82) is 0 Å². The quantitative estimate of drug-likeness (QED) is 0.703. The van der Waals surface area contributed by atoms with Crippen molar-refractivity contribution in [3.63, 3.8) is 0 Å². The van der Waals surface area contributed by atoms with E-state index in [1.165, 1.54) is 4.90 Å². The van der Waals surface area contributed by atoms with Crippen molar-refractivity contribution in [3.05, 3.63) is 64.1 Å². The molecule has 0 saturated carbocycles. The Bertz CT molecular complexity index is 914. The number of halogens is 2. The molecule has 26 heavy (non-hydrogen) atoms. The van der Waals surface area contributed by atoms with Gasteiger partial charge in [-0.15, -0.1) is 0 Å². The van der Waals surface area contributed by atoms with E-state index in [0.29, 0.717) is 22.2 Å². The van der Waals surface area contributed by atoms with Crippen LogP contribution in [0.25, 0.3) is 0 Å². The normalized spacial score (nSPS) is 23.8. The van der Waals surface area contributed by atoms with Crippen LogP contribution in [0.5, 0.6) is 0 Å². The summed E-state index contributed by atoms with van der Waals surface area (Å²) in [5.41, 5.74) is 0.206. The second kappa shape index (κ2) is 5.89. The molecule has 2 aliphatic rings. The molecule has 4 rings (SSSR count). The number of amides is 1. The zero-order valence-corrected chi connectivity index (χ0v) is 15.7. The van der Waals surface area contributed by atoms with Crippen molar-refractivity contribution in [2.45, 2.75) is 31.6 Å². The van der Waals surface area contributed by atoms with E-state index in [1.54, 1.807) is 18.2 Å². The Morgan fingerprint density at radius 3 is 2.50 bits per heavy atom. The van der Waals surface area contributed by atoms with Crippen molar-refractivity contribution in [1.82, 2.24) is 0 Å². The summed E-state index contributed by atoms with van der Waals surface area (Å²) in [4.78, 5) is 20.0. The summed E-state index contributed by atoms with van der Waals surface area (Å²) < 4.78 is 5.62. The van der Waals surface area contributed by atoms with E-state index in [2.05, 4.69) is 5.16 Å². The number of anilines is 1. The standard InChI is InChI=1S/C19H16Cl2N2O3/c1-18(2)19(11-16(22-26-19)12-6-4-3-5-7-12)23(17(24)25-18)13-8-9-14(20)15(21)10-13/h3-10H,11H2,1-2H3. The molecule has 2 heterocycles. The van der Waals surface area contributed by atoms with E-state index in [1.807, 2.05) is 44.2 Å². The highest BCUT2D eigenvalue weighted by Crippen LogP contribution is 2.49. The van der Waals surface area contributed by atoms with E-state index in [4.69, 9.17) is 32.8 Å². The molecule has 1 saturated heterocycles. The molecule has 7 heteroatoms. The average Bonchev–Trinajstić information content (AvgIpc) is 3.12. The first-order chi connectivity index (χ1) is 12.3. The summed E-state index contributed by atoms with van der Waals surface area (Å²) in [5.74, 6) is 0. The van der Waals surface area contributed by atoms with Gasteiger partial charge in [0.1, 0.15) is 0 Å². The second-order valence-electron chi connectivity index (χ2n) is 6.77. The summed E-state index contributed by atoms with van der Waals surface area (Å²) in [6.45, 7) is 3.62. The van der Waals surface area contributed by atoms with E-state index in [0.717, 1.165) is 11.3 Å². The third kappa shape index (κ3) is 2.46. The molecule has 134 valence electrons. The molecule has 1 unspecified atom stereocenters. The van der Waals surface area contributed by atoms with Gasteiger partial charge in [0.15, 0.2) is 5.60 Å². The van der Waals surface area contributed by atoms with Gasteiger partial charge in [-0.05, 0) is 37.6 Å². The molecule has 1 spiro atoms. The third-order valence-corrected chi connectivity index (χ3v) is 5.55. The van der Waals surface area contributed by atoms with Crippen molar-refractivity contribution >= 4 is 40.7 Å².